The number of nitrogens with two attached hydrogens (primary N) is 1. The molecule has 3 rings (SSSR count). The van der Waals surface area contributed by atoms with Crippen LogP contribution in [0.5, 0.6) is 0 Å². The molecule has 0 spiro atoms. The Hall–Kier alpha value is -2.45. The molecule has 1 saturated carbocycles. The average molecular weight is 434 g/mol. The van der Waals surface area contributed by atoms with Crippen molar-refractivity contribution in [2.24, 2.45) is 10.7 Å². The van der Waals surface area contributed by atoms with E-state index in [0.717, 1.165) is 44.5 Å². The van der Waals surface area contributed by atoms with Crippen molar-refractivity contribution in [1.29, 1.82) is 0 Å². The van der Waals surface area contributed by atoms with E-state index in [2.05, 4.69) is 25.2 Å². The van der Waals surface area contributed by atoms with Crippen molar-refractivity contribution in [3.05, 3.63) is 40.8 Å². The van der Waals surface area contributed by atoms with Crippen molar-refractivity contribution in [2.75, 3.05) is 37.4 Å². The van der Waals surface area contributed by atoms with Gasteiger partial charge in [0.1, 0.15) is 11.6 Å². The summed E-state index contributed by atoms with van der Waals surface area (Å²) in [7, 11) is 4.03. The van der Waals surface area contributed by atoms with Crippen molar-refractivity contribution in [2.45, 2.75) is 38.6 Å². The molecule has 1 fully saturated rings. The number of anilines is 2. The second-order valence-corrected chi connectivity index (χ2v) is 8.21. The molecule has 2 aromatic rings. The van der Waals surface area contributed by atoms with Crippen LogP contribution in [-0.4, -0.2) is 54.1 Å². The Kier molecular flexibility index (Phi) is 7.44. The Morgan fingerprint density at radius 3 is 2.67 bits per heavy atom. The van der Waals surface area contributed by atoms with Crippen LogP contribution in [0.25, 0.3) is 0 Å². The summed E-state index contributed by atoms with van der Waals surface area (Å²) in [5.74, 6) is 0.802. The molecule has 3 N–H and O–H groups in total. The van der Waals surface area contributed by atoms with Gasteiger partial charge in [0, 0.05) is 36.6 Å². The molecule has 0 atom stereocenters. The number of rotatable bonds is 7. The minimum absolute atomic E-state index is 0.0579. The summed E-state index contributed by atoms with van der Waals surface area (Å²) < 4.78 is 13.7. The second-order valence-electron chi connectivity index (χ2n) is 7.80. The van der Waals surface area contributed by atoms with Crippen molar-refractivity contribution in [1.82, 2.24) is 14.9 Å². The molecule has 162 valence electrons. The number of likely N-dealkylation sites (N-methyl/N-ethyl adjacent to an activating group) is 1. The summed E-state index contributed by atoms with van der Waals surface area (Å²) in [5, 5.41) is 3.34. The number of benzene rings is 1. The van der Waals surface area contributed by atoms with Gasteiger partial charge in [-0.25, -0.2) is 9.37 Å². The summed E-state index contributed by atoms with van der Waals surface area (Å²) in [6.45, 7) is 3.53. The van der Waals surface area contributed by atoms with Gasteiger partial charge < -0.3 is 20.9 Å². The smallest absolute Gasteiger partial charge is 0.254 e. The Morgan fingerprint density at radius 1 is 1.27 bits per heavy atom. The van der Waals surface area contributed by atoms with E-state index in [1.807, 2.05) is 32.0 Å². The number of nitrogens with one attached hydrogen (secondary N) is 1. The quantitative estimate of drug-likeness (QED) is 0.508. The maximum Gasteiger partial charge on any atom is 0.254 e. The molecule has 0 bridgehead atoms. The molecule has 30 heavy (non-hydrogen) atoms. The maximum atomic E-state index is 13.7. The van der Waals surface area contributed by atoms with Gasteiger partial charge in [0.15, 0.2) is 0 Å². The van der Waals surface area contributed by atoms with Crippen LogP contribution in [-0.2, 0) is 0 Å². The highest BCUT2D eigenvalue weighted by Gasteiger charge is 2.26. The predicted molar refractivity (Wildman–Crippen MR) is 121 cm³/mol. The van der Waals surface area contributed by atoms with Crippen LogP contribution in [0, 0.1) is 12.7 Å². The number of guanidine groups is 1. The summed E-state index contributed by atoms with van der Waals surface area (Å²) >= 11 is 6.02. The first-order valence-electron chi connectivity index (χ1n) is 10.2. The molecule has 0 saturated heterocycles. The molecule has 1 aliphatic rings. The first-order chi connectivity index (χ1) is 14.3. The van der Waals surface area contributed by atoms with Crippen molar-refractivity contribution in [3.8, 4) is 0 Å². The van der Waals surface area contributed by atoms with Gasteiger partial charge in [-0.1, -0.05) is 24.4 Å². The fourth-order valence-electron chi connectivity index (χ4n) is 3.58. The zero-order valence-electron chi connectivity index (χ0n) is 17.7. The number of hydrogen-bond acceptors (Lipinski definition) is 5. The number of aromatic nitrogens is 2. The zero-order chi connectivity index (χ0) is 21.7. The SMILES string of the molecule is Cc1cc(NCCN(C)C)nc(/N=C(\N)N(c2ccc(F)c(Cl)c2)C2CCCC2)n1. The number of hydrogen-bond donors (Lipinski definition) is 2. The Labute approximate surface area is 182 Å². The van der Waals surface area contributed by atoms with Gasteiger partial charge in [-0.15, -0.1) is 0 Å². The monoisotopic (exact) mass is 433 g/mol. The minimum atomic E-state index is -0.460. The second kappa shape index (κ2) is 10.0. The Morgan fingerprint density at radius 2 is 2.00 bits per heavy atom. The predicted octanol–water partition coefficient (Wildman–Crippen LogP) is 3.95. The highest BCUT2D eigenvalue weighted by molar-refractivity contribution is 6.31. The van der Waals surface area contributed by atoms with E-state index in [1.54, 1.807) is 12.1 Å². The Balaban J connectivity index is 1.89. The molecule has 1 aliphatic carbocycles. The lowest BCUT2D eigenvalue weighted by atomic mass is 10.2. The first-order valence-corrected chi connectivity index (χ1v) is 10.5. The summed E-state index contributed by atoms with van der Waals surface area (Å²) in [6, 6.07) is 6.66. The lowest BCUT2D eigenvalue weighted by Gasteiger charge is -2.30. The molecular weight excluding hydrogens is 405 g/mol. The molecule has 1 aromatic heterocycles. The van der Waals surface area contributed by atoms with E-state index in [1.165, 1.54) is 6.07 Å². The van der Waals surface area contributed by atoms with Crippen LogP contribution in [0.1, 0.15) is 31.4 Å². The third kappa shape index (κ3) is 5.79. The van der Waals surface area contributed by atoms with Crippen LogP contribution < -0.4 is 16.0 Å². The fraction of sp³-hybridized carbons (Fsp3) is 0.476. The van der Waals surface area contributed by atoms with Crippen molar-refractivity contribution < 1.29 is 4.39 Å². The Bertz CT molecular complexity index is 897. The van der Waals surface area contributed by atoms with Crippen molar-refractivity contribution in [3.63, 3.8) is 0 Å². The lowest BCUT2D eigenvalue weighted by molar-refractivity contribution is 0.425. The van der Waals surface area contributed by atoms with E-state index in [0.29, 0.717) is 11.5 Å². The molecule has 7 nitrogen and oxygen atoms in total. The number of halogens is 2. The van der Waals surface area contributed by atoms with E-state index in [4.69, 9.17) is 17.3 Å². The van der Waals surface area contributed by atoms with Gasteiger partial charge in [0.25, 0.3) is 5.95 Å². The van der Waals surface area contributed by atoms with Crippen LogP contribution in [0.15, 0.2) is 29.3 Å². The van der Waals surface area contributed by atoms with Gasteiger partial charge in [0.05, 0.1) is 5.02 Å². The van der Waals surface area contributed by atoms with E-state index in [-0.39, 0.29) is 23.0 Å². The standard InChI is InChI=1S/C21H29ClFN7/c1-14-12-19(25-10-11-29(2)3)27-21(26-14)28-20(24)30(15-6-4-5-7-15)16-8-9-18(23)17(22)13-16/h8-9,12-13,15H,4-7,10-11H2,1-3H3,(H3,24,25,26,27,28). The van der Waals surface area contributed by atoms with Gasteiger partial charge in [0.2, 0.25) is 5.96 Å². The topological polar surface area (TPSA) is 82.7 Å². The normalized spacial score (nSPS) is 15.1. The largest absolute Gasteiger partial charge is 0.369 e. The summed E-state index contributed by atoms with van der Waals surface area (Å²) in [5.41, 5.74) is 7.93. The van der Waals surface area contributed by atoms with Gasteiger partial charge >= 0.3 is 0 Å². The van der Waals surface area contributed by atoms with E-state index >= 15 is 0 Å². The van der Waals surface area contributed by atoms with E-state index < -0.39 is 5.82 Å². The van der Waals surface area contributed by atoms with Crippen LogP contribution in [0.3, 0.4) is 0 Å². The zero-order valence-corrected chi connectivity index (χ0v) is 18.5. The van der Waals surface area contributed by atoms with E-state index in [9.17, 15) is 4.39 Å². The summed E-state index contributed by atoms with van der Waals surface area (Å²) in [4.78, 5) is 17.4. The van der Waals surface area contributed by atoms with Gasteiger partial charge in [-0.05, 0) is 52.1 Å². The molecule has 1 heterocycles. The van der Waals surface area contributed by atoms with Crippen molar-refractivity contribution >= 4 is 35.0 Å². The number of nitrogens with zero attached hydrogens (tertiary/aromatic N) is 5. The molecule has 0 amide bonds. The molecule has 1 aromatic carbocycles. The highest BCUT2D eigenvalue weighted by Crippen LogP contribution is 2.31. The molecule has 9 heteroatoms. The third-order valence-electron chi connectivity index (χ3n) is 5.04. The summed E-state index contributed by atoms with van der Waals surface area (Å²) in [6.07, 6.45) is 4.20. The van der Waals surface area contributed by atoms with Crippen LogP contribution >= 0.6 is 11.6 Å². The highest BCUT2D eigenvalue weighted by atomic mass is 35.5. The number of aliphatic imine (C=N–C) groups is 1. The molecule has 0 aliphatic heterocycles. The molecular formula is C21H29ClFN7. The minimum Gasteiger partial charge on any atom is -0.369 e. The van der Waals surface area contributed by atoms with Gasteiger partial charge in [-0.2, -0.15) is 9.98 Å². The molecule has 0 unspecified atom stereocenters. The maximum absolute atomic E-state index is 13.7. The average Bonchev–Trinajstić information content (AvgIpc) is 3.18. The molecule has 0 radical (unpaired) electrons. The van der Waals surface area contributed by atoms with Gasteiger partial charge in [-0.3, -0.25) is 0 Å². The first kappa shape index (κ1) is 22.2. The van der Waals surface area contributed by atoms with Crippen LogP contribution in [0.4, 0.5) is 21.8 Å². The lowest BCUT2D eigenvalue weighted by Crippen LogP contribution is -2.43. The number of aryl methyl sites for hydroxylation is 1. The third-order valence-corrected chi connectivity index (χ3v) is 5.33. The van der Waals surface area contributed by atoms with Crippen LogP contribution in [0.2, 0.25) is 5.02 Å². The fourth-order valence-corrected chi connectivity index (χ4v) is 3.76.